The van der Waals surface area contributed by atoms with E-state index in [4.69, 9.17) is 0 Å². The number of pyridine rings is 1. The number of aliphatic hydroxyl groups is 2. The lowest BCUT2D eigenvalue weighted by Crippen LogP contribution is -2.20. The highest BCUT2D eigenvalue weighted by atomic mass is 19.1. The molecule has 0 amide bonds. The molecule has 0 aliphatic heterocycles. The fourth-order valence-corrected chi connectivity index (χ4v) is 3.13. The lowest BCUT2D eigenvalue weighted by molar-refractivity contribution is 0.0815. The first-order valence-electron chi connectivity index (χ1n) is 8.58. The van der Waals surface area contributed by atoms with Gasteiger partial charge in [0.1, 0.15) is 23.2 Å². The Morgan fingerprint density at radius 1 is 1.11 bits per heavy atom. The summed E-state index contributed by atoms with van der Waals surface area (Å²) in [5, 5.41) is 28.4. The molecule has 140 valence electrons. The molecule has 4 aromatic rings. The summed E-state index contributed by atoms with van der Waals surface area (Å²) in [6.45, 7) is -0.254. The summed E-state index contributed by atoms with van der Waals surface area (Å²) < 4.78 is 16.7. The van der Waals surface area contributed by atoms with Gasteiger partial charge >= 0.3 is 0 Å². The molecule has 28 heavy (non-hydrogen) atoms. The fraction of sp³-hybridized carbons (Fsp3) is 0.150. The van der Waals surface area contributed by atoms with Crippen LogP contribution in [-0.4, -0.2) is 41.9 Å². The number of nitrogens with zero attached hydrogens (tertiary/aromatic N) is 5. The number of nitriles is 1. The monoisotopic (exact) mass is 377 g/mol. The average molecular weight is 377 g/mol. The number of imidazole rings is 2. The van der Waals surface area contributed by atoms with Crippen molar-refractivity contribution in [1.29, 1.82) is 5.26 Å². The minimum atomic E-state index is -0.958. The van der Waals surface area contributed by atoms with Crippen molar-refractivity contribution in [2.75, 3.05) is 6.61 Å². The molecule has 0 aliphatic rings. The molecule has 0 bridgehead atoms. The quantitative estimate of drug-likeness (QED) is 0.556. The Morgan fingerprint density at radius 3 is 2.57 bits per heavy atom. The predicted octanol–water partition coefficient (Wildman–Crippen LogP) is 2.23. The predicted molar refractivity (Wildman–Crippen MR) is 99.6 cm³/mol. The Kier molecular flexibility index (Phi) is 4.61. The minimum Gasteiger partial charge on any atom is -0.394 e. The molecule has 0 aliphatic carbocycles. The largest absolute Gasteiger partial charge is 0.394 e. The van der Waals surface area contributed by atoms with Crippen LogP contribution in [0.5, 0.6) is 0 Å². The summed E-state index contributed by atoms with van der Waals surface area (Å²) in [6, 6.07) is 11.7. The van der Waals surface area contributed by atoms with Crippen LogP contribution in [0.25, 0.3) is 28.2 Å². The third-order valence-electron chi connectivity index (χ3n) is 4.47. The van der Waals surface area contributed by atoms with Crippen LogP contribution in [0.4, 0.5) is 4.39 Å². The molecule has 0 unspecified atom stereocenters. The fourth-order valence-electron chi connectivity index (χ4n) is 3.13. The van der Waals surface area contributed by atoms with Gasteiger partial charge < -0.3 is 14.8 Å². The molecule has 3 heterocycles. The Balaban J connectivity index is 1.91. The summed E-state index contributed by atoms with van der Waals surface area (Å²) >= 11 is 0. The van der Waals surface area contributed by atoms with Crippen molar-refractivity contribution in [2.45, 2.75) is 12.6 Å². The third kappa shape index (κ3) is 3.13. The van der Waals surface area contributed by atoms with E-state index in [1.165, 1.54) is 18.3 Å². The highest BCUT2D eigenvalue weighted by molar-refractivity contribution is 5.79. The van der Waals surface area contributed by atoms with Crippen molar-refractivity contribution in [2.24, 2.45) is 0 Å². The summed E-state index contributed by atoms with van der Waals surface area (Å²) in [5.74, 6) is -0.348. The van der Waals surface area contributed by atoms with Gasteiger partial charge in [-0.15, -0.1) is 0 Å². The Bertz CT molecular complexity index is 1170. The molecular weight excluding hydrogens is 361 g/mol. The summed E-state index contributed by atoms with van der Waals surface area (Å²) in [7, 11) is 0. The second kappa shape index (κ2) is 7.23. The molecule has 1 aromatic carbocycles. The third-order valence-corrected chi connectivity index (χ3v) is 4.47. The Morgan fingerprint density at radius 2 is 1.86 bits per heavy atom. The van der Waals surface area contributed by atoms with Gasteiger partial charge in [0.15, 0.2) is 0 Å². The molecule has 3 aromatic heterocycles. The van der Waals surface area contributed by atoms with Crippen LogP contribution in [0.3, 0.4) is 0 Å². The van der Waals surface area contributed by atoms with E-state index in [1.807, 2.05) is 6.07 Å². The standard InChI is InChI=1S/C20H16FN5O2/c21-15-4-1-13(2-5-15)19-20(25(12-24-19)10-17(28)11-27)14-3-6-18-23-8-16(7-22)26(18)9-14/h1-6,8-9,12,17,27-28H,10-11H2/t17-/m1/s1. The van der Waals surface area contributed by atoms with E-state index >= 15 is 0 Å². The molecule has 8 heteroatoms. The van der Waals surface area contributed by atoms with Crippen LogP contribution >= 0.6 is 0 Å². The van der Waals surface area contributed by atoms with Crippen LogP contribution < -0.4 is 0 Å². The number of aliphatic hydroxyl groups excluding tert-OH is 2. The van der Waals surface area contributed by atoms with Gasteiger partial charge in [-0.1, -0.05) is 0 Å². The zero-order chi connectivity index (χ0) is 19.7. The molecule has 0 saturated carbocycles. The second-order valence-corrected chi connectivity index (χ2v) is 6.34. The molecule has 0 radical (unpaired) electrons. The van der Waals surface area contributed by atoms with E-state index in [0.29, 0.717) is 28.3 Å². The first-order valence-corrected chi connectivity index (χ1v) is 8.58. The first-order chi connectivity index (χ1) is 13.6. The summed E-state index contributed by atoms with van der Waals surface area (Å²) in [5.41, 5.74) is 3.75. The number of halogens is 1. The Hall–Kier alpha value is -3.54. The first kappa shape index (κ1) is 17.9. The highest BCUT2D eigenvalue weighted by Crippen LogP contribution is 2.32. The molecular formula is C20H16FN5O2. The number of hydrogen-bond donors (Lipinski definition) is 2. The summed E-state index contributed by atoms with van der Waals surface area (Å²) in [6.07, 6.45) is 3.87. The lowest BCUT2D eigenvalue weighted by atomic mass is 10.1. The highest BCUT2D eigenvalue weighted by Gasteiger charge is 2.18. The average Bonchev–Trinajstić information content (AvgIpc) is 3.31. The van der Waals surface area contributed by atoms with Gasteiger partial charge in [-0.05, 0) is 36.4 Å². The van der Waals surface area contributed by atoms with Gasteiger partial charge in [0.05, 0.1) is 43.2 Å². The van der Waals surface area contributed by atoms with Crippen molar-refractivity contribution < 1.29 is 14.6 Å². The van der Waals surface area contributed by atoms with E-state index in [0.717, 1.165) is 5.56 Å². The van der Waals surface area contributed by atoms with Gasteiger partial charge in [0.25, 0.3) is 0 Å². The molecule has 7 nitrogen and oxygen atoms in total. The number of hydrogen-bond acceptors (Lipinski definition) is 5. The Labute approximate surface area is 159 Å². The zero-order valence-corrected chi connectivity index (χ0v) is 14.7. The van der Waals surface area contributed by atoms with Crippen molar-refractivity contribution in [1.82, 2.24) is 18.9 Å². The molecule has 0 fully saturated rings. The van der Waals surface area contributed by atoms with E-state index in [9.17, 15) is 19.9 Å². The van der Waals surface area contributed by atoms with Crippen LogP contribution in [0.2, 0.25) is 0 Å². The van der Waals surface area contributed by atoms with Gasteiger partial charge in [-0.2, -0.15) is 5.26 Å². The minimum absolute atomic E-state index is 0.132. The molecule has 0 spiro atoms. The normalized spacial score (nSPS) is 12.2. The smallest absolute Gasteiger partial charge is 0.144 e. The van der Waals surface area contributed by atoms with Gasteiger partial charge in [0, 0.05) is 17.3 Å². The number of benzene rings is 1. The SMILES string of the molecule is N#Cc1cnc2ccc(-c3c(-c4ccc(F)cc4)ncn3C[C@@H](O)CO)cn12. The van der Waals surface area contributed by atoms with Crippen molar-refractivity contribution in [3.63, 3.8) is 0 Å². The van der Waals surface area contributed by atoms with Crippen LogP contribution in [0.1, 0.15) is 5.69 Å². The van der Waals surface area contributed by atoms with E-state index in [1.54, 1.807) is 39.7 Å². The topological polar surface area (TPSA) is 99.4 Å². The maximum Gasteiger partial charge on any atom is 0.144 e. The maximum absolute atomic E-state index is 13.3. The van der Waals surface area contributed by atoms with E-state index in [-0.39, 0.29) is 19.0 Å². The maximum atomic E-state index is 13.3. The lowest BCUT2D eigenvalue weighted by Gasteiger charge is -2.14. The van der Waals surface area contributed by atoms with Gasteiger partial charge in [-0.3, -0.25) is 4.40 Å². The molecule has 4 rings (SSSR count). The number of rotatable bonds is 5. The molecule has 1 atom stereocenters. The molecule has 2 N–H and O–H groups in total. The van der Waals surface area contributed by atoms with Gasteiger partial charge in [0.2, 0.25) is 0 Å². The van der Waals surface area contributed by atoms with Crippen LogP contribution in [0.15, 0.2) is 55.1 Å². The van der Waals surface area contributed by atoms with Crippen molar-refractivity contribution >= 4 is 5.65 Å². The van der Waals surface area contributed by atoms with Crippen molar-refractivity contribution in [3.8, 4) is 28.6 Å². The zero-order valence-electron chi connectivity index (χ0n) is 14.7. The van der Waals surface area contributed by atoms with Crippen LogP contribution in [-0.2, 0) is 6.54 Å². The summed E-state index contributed by atoms with van der Waals surface area (Å²) in [4.78, 5) is 8.64. The van der Waals surface area contributed by atoms with E-state index < -0.39 is 6.10 Å². The second-order valence-electron chi connectivity index (χ2n) is 6.34. The molecule has 0 saturated heterocycles. The van der Waals surface area contributed by atoms with Crippen LogP contribution in [0, 0.1) is 17.1 Å². The number of fused-ring (bicyclic) bond motifs is 1. The van der Waals surface area contributed by atoms with Crippen molar-refractivity contribution in [3.05, 3.63) is 66.6 Å². The van der Waals surface area contributed by atoms with E-state index in [2.05, 4.69) is 16.0 Å². The van der Waals surface area contributed by atoms with Gasteiger partial charge in [-0.25, -0.2) is 14.4 Å². The number of aromatic nitrogens is 4.